The molecule has 0 amide bonds. The fourth-order valence-electron chi connectivity index (χ4n) is 1.03. The van der Waals surface area contributed by atoms with Gasteiger partial charge in [-0.25, -0.2) is 4.98 Å². The highest BCUT2D eigenvalue weighted by Crippen LogP contribution is 2.26. The molecule has 0 saturated heterocycles. The summed E-state index contributed by atoms with van der Waals surface area (Å²) in [5.41, 5.74) is 0.951. The lowest BCUT2D eigenvalue weighted by atomic mass is 10.5. The molecule has 2 rings (SSSR count). The van der Waals surface area contributed by atoms with Crippen LogP contribution in [0.2, 0.25) is 5.15 Å². The first-order valence-electron chi connectivity index (χ1n) is 3.16. The molecule has 2 aromatic rings. The van der Waals surface area contributed by atoms with Gasteiger partial charge < -0.3 is 4.40 Å². The molecule has 0 saturated carbocycles. The van der Waals surface area contributed by atoms with Gasteiger partial charge in [0.15, 0.2) is 5.15 Å². The lowest BCUT2D eigenvalue weighted by Gasteiger charge is -1.96. The van der Waals surface area contributed by atoms with Crippen molar-refractivity contribution in [2.24, 2.45) is 0 Å². The van der Waals surface area contributed by atoms with Gasteiger partial charge in [-0.3, -0.25) is 0 Å². The first-order chi connectivity index (χ1) is 5.70. The molecule has 0 radical (unpaired) electrons. The number of fused-ring (bicyclic) bond motifs is 1. The fourth-order valence-corrected chi connectivity index (χ4v) is 3.21. The maximum absolute atomic E-state index is 5.92. The Morgan fingerprint density at radius 3 is 3.00 bits per heavy atom. The minimum absolute atomic E-state index is 0.535. The molecule has 0 atom stereocenters. The first-order valence-corrected chi connectivity index (χ1v) is 5.41. The van der Waals surface area contributed by atoms with Crippen LogP contribution in [-0.4, -0.2) is 9.38 Å². The Bertz CT molecular complexity index is 440. The van der Waals surface area contributed by atoms with E-state index in [1.165, 1.54) is 0 Å². The van der Waals surface area contributed by atoms with Crippen LogP contribution >= 0.6 is 50.1 Å². The highest BCUT2D eigenvalue weighted by atomic mass is 127. The van der Waals surface area contributed by atoms with Crippen molar-refractivity contribution >= 4 is 55.6 Å². The SMILES string of the molecule is Clc1nccn2c(Br)cc(I)c12. The predicted molar refractivity (Wildman–Crippen MR) is 60.6 cm³/mol. The maximum atomic E-state index is 5.92. The molecule has 0 unspecified atom stereocenters. The van der Waals surface area contributed by atoms with Crippen molar-refractivity contribution < 1.29 is 0 Å². The van der Waals surface area contributed by atoms with E-state index in [-0.39, 0.29) is 0 Å². The standard InChI is InChI=1S/C7H3BrClIN2/c8-5-3-4(10)6-7(9)11-1-2-12(5)6/h1-3H. The van der Waals surface area contributed by atoms with Crippen LogP contribution in [0.25, 0.3) is 5.52 Å². The average Bonchev–Trinajstić information content (AvgIpc) is 2.29. The molecule has 0 aliphatic heterocycles. The molecule has 5 heteroatoms. The zero-order valence-electron chi connectivity index (χ0n) is 5.76. The number of hydrogen-bond acceptors (Lipinski definition) is 1. The monoisotopic (exact) mass is 356 g/mol. The summed E-state index contributed by atoms with van der Waals surface area (Å²) in [6, 6.07) is 2.00. The summed E-state index contributed by atoms with van der Waals surface area (Å²) in [4.78, 5) is 4.00. The van der Waals surface area contributed by atoms with E-state index >= 15 is 0 Å². The summed E-state index contributed by atoms with van der Waals surface area (Å²) >= 11 is 11.6. The van der Waals surface area contributed by atoms with Gasteiger partial charge in [0.05, 0.1) is 10.1 Å². The molecule has 0 N–H and O–H groups in total. The van der Waals surface area contributed by atoms with Gasteiger partial charge in [0.1, 0.15) is 0 Å². The average molecular weight is 357 g/mol. The van der Waals surface area contributed by atoms with Crippen molar-refractivity contribution in [3.8, 4) is 0 Å². The molecular weight excluding hydrogens is 354 g/mol. The molecule has 0 fully saturated rings. The van der Waals surface area contributed by atoms with E-state index in [1.54, 1.807) is 6.20 Å². The van der Waals surface area contributed by atoms with Crippen molar-refractivity contribution in [3.05, 3.63) is 31.8 Å². The van der Waals surface area contributed by atoms with Crippen LogP contribution in [0.4, 0.5) is 0 Å². The Labute approximate surface area is 96.2 Å². The summed E-state index contributed by atoms with van der Waals surface area (Å²) in [6.45, 7) is 0. The van der Waals surface area contributed by atoms with Gasteiger partial charge in [0.25, 0.3) is 0 Å². The van der Waals surface area contributed by atoms with Gasteiger partial charge in [-0.15, -0.1) is 0 Å². The Kier molecular flexibility index (Phi) is 2.31. The zero-order chi connectivity index (χ0) is 8.72. The van der Waals surface area contributed by atoms with Gasteiger partial charge in [-0.1, -0.05) is 11.6 Å². The minimum atomic E-state index is 0.535. The lowest BCUT2D eigenvalue weighted by molar-refractivity contribution is 1.11. The topological polar surface area (TPSA) is 17.3 Å². The molecule has 12 heavy (non-hydrogen) atoms. The second kappa shape index (κ2) is 3.16. The summed E-state index contributed by atoms with van der Waals surface area (Å²) < 4.78 is 4.04. The largest absolute Gasteiger partial charge is 0.306 e. The Hall–Kier alpha value is 0.190. The van der Waals surface area contributed by atoms with E-state index in [0.29, 0.717) is 5.15 Å². The van der Waals surface area contributed by atoms with Crippen molar-refractivity contribution in [1.82, 2.24) is 9.38 Å². The van der Waals surface area contributed by atoms with Crippen LogP contribution in [0, 0.1) is 3.57 Å². The van der Waals surface area contributed by atoms with Gasteiger partial charge >= 0.3 is 0 Å². The molecule has 0 aromatic carbocycles. The van der Waals surface area contributed by atoms with Crippen molar-refractivity contribution in [2.75, 3.05) is 0 Å². The van der Waals surface area contributed by atoms with Gasteiger partial charge in [0, 0.05) is 16.0 Å². The van der Waals surface area contributed by atoms with Crippen molar-refractivity contribution in [1.29, 1.82) is 0 Å². The third kappa shape index (κ3) is 1.25. The van der Waals surface area contributed by atoms with Crippen LogP contribution in [-0.2, 0) is 0 Å². The van der Waals surface area contributed by atoms with E-state index < -0.39 is 0 Å². The van der Waals surface area contributed by atoms with E-state index in [9.17, 15) is 0 Å². The van der Waals surface area contributed by atoms with Crippen molar-refractivity contribution in [3.63, 3.8) is 0 Å². The second-order valence-corrected chi connectivity index (χ2v) is 4.58. The summed E-state index contributed by atoms with van der Waals surface area (Å²) in [5.74, 6) is 0. The minimum Gasteiger partial charge on any atom is -0.306 e. The fraction of sp³-hybridized carbons (Fsp3) is 0. The van der Waals surface area contributed by atoms with E-state index in [0.717, 1.165) is 13.7 Å². The van der Waals surface area contributed by atoms with Crippen molar-refractivity contribution in [2.45, 2.75) is 0 Å². The van der Waals surface area contributed by atoms with Gasteiger partial charge in [-0.2, -0.15) is 0 Å². The molecule has 62 valence electrons. The smallest absolute Gasteiger partial charge is 0.154 e. The summed E-state index contributed by atoms with van der Waals surface area (Å²) in [6.07, 6.45) is 3.55. The summed E-state index contributed by atoms with van der Waals surface area (Å²) in [7, 11) is 0. The molecule has 2 heterocycles. The van der Waals surface area contributed by atoms with Gasteiger partial charge in [-0.05, 0) is 44.6 Å². The number of rotatable bonds is 0. The third-order valence-electron chi connectivity index (χ3n) is 1.54. The maximum Gasteiger partial charge on any atom is 0.154 e. The second-order valence-electron chi connectivity index (χ2n) is 2.25. The highest BCUT2D eigenvalue weighted by Gasteiger charge is 2.07. The number of nitrogens with zero attached hydrogens (tertiary/aromatic N) is 2. The number of halogens is 3. The van der Waals surface area contributed by atoms with E-state index in [4.69, 9.17) is 11.6 Å². The van der Waals surface area contributed by atoms with Crippen LogP contribution in [0.3, 0.4) is 0 Å². The Morgan fingerprint density at radius 1 is 1.58 bits per heavy atom. The van der Waals surface area contributed by atoms with Crippen LogP contribution < -0.4 is 0 Å². The number of hydrogen-bond donors (Lipinski definition) is 0. The molecule has 0 spiro atoms. The molecule has 0 aliphatic carbocycles. The quantitative estimate of drug-likeness (QED) is 0.661. The third-order valence-corrected chi connectivity index (χ3v) is 3.25. The van der Waals surface area contributed by atoms with Crippen LogP contribution in [0.5, 0.6) is 0 Å². The summed E-state index contributed by atoms with van der Waals surface area (Å²) in [5, 5.41) is 0.535. The lowest BCUT2D eigenvalue weighted by Crippen LogP contribution is -1.86. The van der Waals surface area contributed by atoms with Gasteiger partial charge in [0.2, 0.25) is 0 Å². The normalized spacial score (nSPS) is 10.9. The molecule has 0 bridgehead atoms. The molecule has 2 aromatic heterocycles. The molecular formula is C7H3BrClIN2. The highest BCUT2D eigenvalue weighted by molar-refractivity contribution is 14.1. The molecule has 2 nitrogen and oxygen atoms in total. The first kappa shape index (κ1) is 8.77. The van der Waals surface area contributed by atoms with Crippen LogP contribution in [0.15, 0.2) is 23.1 Å². The van der Waals surface area contributed by atoms with Crippen LogP contribution in [0.1, 0.15) is 0 Å². The Morgan fingerprint density at radius 2 is 2.33 bits per heavy atom. The van der Waals surface area contributed by atoms with E-state index in [2.05, 4.69) is 43.5 Å². The zero-order valence-corrected chi connectivity index (χ0v) is 10.3. The Balaban J connectivity index is 2.99. The molecule has 0 aliphatic rings. The predicted octanol–water partition coefficient (Wildman–Crippen LogP) is 3.35. The number of aromatic nitrogens is 2. The van der Waals surface area contributed by atoms with E-state index in [1.807, 2.05) is 16.7 Å².